The van der Waals surface area contributed by atoms with E-state index in [1.54, 1.807) is 31.2 Å². The zero-order valence-corrected chi connectivity index (χ0v) is 16.1. The molecule has 0 aliphatic carbocycles. The molecule has 0 unspecified atom stereocenters. The van der Waals surface area contributed by atoms with E-state index in [4.69, 9.17) is 0 Å². The standard InChI is InChI=1S/C22H15F3N4O2/c1-12-14(21(31)29-13-5-8-26-18(11-13)22(23,24)25)6-9-27-19(12)16-3-2-4-17-15(16)7-10-28-20(17)30/h2-11H,1H3,(H,28,30)(H,26,29,31). The molecule has 9 heteroatoms. The van der Waals surface area contributed by atoms with Crippen molar-refractivity contribution in [3.8, 4) is 11.3 Å². The van der Waals surface area contributed by atoms with Crippen LogP contribution in [0.15, 0.2) is 65.8 Å². The van der Waals surface area contributed by atoms with Crippen LogP contribution in [-0.2, 0) is 6.18 Å². The number of halogens is 3. The fraction of sp³-hybridized carbons (Fsp3) is 0.0909. The van der Waals surface area contributed by atoms with Crippen molar-refractivity contribution < 1.29 is 18.0 Å². The number of fused-ring (bicyclic) bond motifs is 1. The number of hydrogen-bond acceptors (Lipinski definition) is 4. The molecule has 156 valence electrons. The highest BCUT2D eigenvalue weighted by Gasteiger charge is 2.32. The van der Waals surface area contributed by atoms with Crippen molar-refractivity contribution in [2.45, 2.75) is 13.1 Å². The maximum atomic E-state index is 12.9. The minimum Gasteiger partial charge on any atom is -0.329 e. The van der Waals surface area contributed by atoms with Gasteiger partial charge >= 0.3 is 6.18 Å². The van der Waals surface area contributed by atoms with Crippen LogP contribution in [0.25, 0.3) is 22.0 Å². The number of carbonyl (C=O) groups excluding carboxylic acids is 1. The van der Waals surface area contributed by atoms with Gasteiger partial charge in [-0.2, -0.15) is 13.2 Å². The number of hydrogen-bond donors (Lipinski definition) is 2. The lowest BCUT2D eigenvalue weighted by molar-refractivity contribution is -0.141. The number of benzene rings is 1. The van der Waals surface area contributed by atoms with E-state index in [1.807, 2.05) is 0 Å². The van der Waals surface area contributed by atoms with Gasteiger partial charge in [0, 0.05) is 40.8 Å². The van der Waals surface area contributed by atoms with Gasteiger partial charge in [-0.15, -0.1) is 0 Å². The van der Waals surface area contributed by atoms with Gasteiger partial charge in [-0.25, -0.2) is 0 Å². The third-order valence-electron chi connectivity index (χ3n) is 4.83. The highest BCUT2D eigenvalue weighted by atomic mass is 19.4. The number of pyridine rings is 3. The lowest BCUT2D eigenvalue weighted by atomic mass is 9.97. The molecule has 6 nitrogen and oxygen atoms in total. The van der Waals surface area contributed by atoms with Crippen molar-refractivity contribution >= 4 is 22.4 Å². The van der Waals surface area contributed by atoms with Crippen LogP contribution in [0.3, 0.4) is 0 Å². The van der Waals surface area contributed by atoms with E-state index in [0.29, 0.717) is 27.6 Å². The number of nitrogens with one attached hydrogen (secondary N) is 2. The Balaban J connectivity index is 1.73. The molecule has 0 saturated heterocycles. The van der Waals surface area contributed by atoms with Crippen molar-refractivity contribution in [3.63, 3.8) is 0 Å². The van der Waals surface area contributed by atoms with Crippen LogP contribution < -0.4 is 10.9 Å². The lowest BCUT2D eigenvalue weighted by Gasteiger charge is -2.13. The third-order valence-corrected chi connectivity index (χ3v) is 4.83. The Kier molecular flexibility index (Phi) is 5.02. The van der Waals surface area contributed by atoms with Crippen molar-refractivity contribution in [2.75, 3.05) is 5.32 Å². The quantitative estimate of drug-likeness (QED) is 0.505. The molecular weight excluding hydrogens is 409 g/mol. The van der Waals surface area contributed by atoms with E-state index in [9.17, 15) is 22.8 Å². The summed E-state index contributed by atoms with van der Waals surface area (Å²) in [5, 5.41) is 3.62. The molecule has 4 rings (SSSR count). The first kappa shape index (κ1) is 20.3. The van der Waals surface area contributed by atoms with Crippen LogP contribution in [0.4, 0.5) is 18.9 Å². The Hall–Kier alpha value is -4.01. The van der Waals surface area contributed by atoms with Crippen LogP contribution in [-0.4, -0.2) is 20.9 Å². The number of amides is 1. The summed E-state index contributed by atoms with van der Waals surface area (Å²) in [4.78, 5) is 35.2. The van der Waals surface area contributed by atoms with E-state index >= 15 is 0 Å². The second-order valence-corrected chi connectivity index (χ2v) is 6.79. The summed E-state index contributed by atoms with van der Waals surface area (Å²) in [5.41, 5.74) is 0.563. The molecule has 4 aromatic rings. The Morgan fingerprint density at radius 2 is 1.81 bits per heavy atom. The fourth-order valence-corrected chi connectivity index (χ4v) is 3.34. The molecule has 0 aliphatic heterocycles. The second kappa shape index (κ2) is 7.67. The van der Waals surface area contributed by atoms with Gasteiger partial charge in [0.1, 0.15) is 5.69 Å². The van der Waals surface area contributed by atoms with E-state index in [2.05, 4.69) is 20.3 Å². The summed E-state index contributed by atoms with van der Waals surface area (Å²) in [6, 6.07) is 10.5. The van der Waals surface area contributed by atoms with E-state index in [0.717, 1.165) is 12.3 Å². The second-order valence-electron chi connectivity index (χ2n) is 6.79. The van der Waals surface area contributed by atoms with Crippen LogP contribution in [0, 0.1) is 6.92 Å². The zero-order chi connectivity index (χ0) is 22.2. The van der Waals surface area contributed by atoms with Gasteiger partial charge in [0.15, 0.2) is 0 Å². The molecule has 0 bridgehead atoms. The lowest BCUT2D eigenvalue weighted by Crippen LogP contribution is -2.15. The highest BCUT2D eigenvalue weighted by Crippen LogP contribution is 2.31. The monoisotopic (exact) mass is 424 g/mol. The smallest absolute Gasteiger partial charge is 0.329 e. The number of H-pyrrole nitrogens is 1. The normalized spacial score (nSPS) is 11.5. The Morgan fingerprint density at radius 3 is 2.58 bits per heavy atom. The van der Waals surface area contributed by atoms with Gasteiger partial charge in [0.2, 0.25) is 0 Å². The van der Waals surface area contributed by atoms with Gasteiger partial charge in [-0.1, -0.05) is 12.1 Å². The average Bonchev–Trinajstić information content (AvgIpc) is 2.73. The summed E-state index contributed by atoms with van der Waals surface area (Å²) in [7, 11) is 0. The minimum absolute atomic E-state index is 0.0261. The molecule has 0 spiro atoms. The van der Waals surface area contributed by atoms with Crippen LogP contribution in [0.1, 0.15) is 21.6 Å². The number of rotatable bonds is 3. The molecule has 31 heavy (non-hydrogen) atoms. The number of alkyl halides is 3. The van der Waals surface area contributed by atoms with Gasteiger partial charge in [0.25, 0.3) is 11.5 Å². The maximum Gasteiger partial charge on any atom is 0.433 e. The van der Waals surface area contributed by atoms with E-state index in [1.165, 1.54) is 24.5 Å². The van der Waals surface area contributed by atoms with Crippen molar-refractivity contribution in [3.05, 3.63) is 88.2 Å². The Bertz CT molecular complexity index is 1360. The largest absolute Gasteiger partial charge is 0.433 e. The van der Waals surface area contributed by atoms with Crippen molar-refractivity contribution in [2.24, 2.45) is 0 Å². The molecule has 2 N–H and O–H groups in total. The average molecular weight is 424 g/mol. The molecule has 0 fully saturated rings. The summed E-state index contributed by atoms with van der Waals surface area (Å²) < 4.78 is 38.6. The number of anilines is 1. The summed E-state index contributed by atoms with van der Waals surface area (Å²) in [5.74, 6) is -0.585. The van der Waals surface area contributed by atoms with Gasteiger partial charge < -0.3 is 10.3 Å². The summed E-state index contributed by atoms with van der Waals surface area (Å²) >= 11 is 0. The minimum atomic E-state index is -4.62. The molecule has 0 radical (unpaired) electrons. The topological polar surface area (TPSA) is 87.7 Å². The first-order valence-electron chi connectivity index (χ1n) is 9.16. The zero-order valence-electron chi connectivity index (χ0n) is 16.1. The van der Waals surface area contributed by atoms with E-state index < -0.39 is 17.8 Å². The highest BCUT2D eigenvalue weighted by molar-refractivity contribution is 6.07. The molecule has 3 heterocycles. The Labute approximate surface area is 173 Å². The fourth-order valence-electron chi connectivity index (χ4n) is 3.34. The van der Waals surface area contributed by atoms with E-state index in [-0.39, 0.29) is 16.8 Å². The van der Waals surface area contributed by atoms with Gasteiger partial charge in [-0.3, -0.25) is 19.6 Å². The van der Waals surface area contributed by atoms with Crippen molar-refractivity contribution in [1.82, 2.24) is 15.0 Å². The third kappa shape index (κ3) is 3.89. The number of nitrogens with zero attached hydrogens (tertiary/aromatic N) is 2. The number of aromatic nitrogens is 3. The molecule has 0 saturated carbocycles. The molecule has 1 amide bonds. The molecule has 3 aromatic heterocycles. The Morgan fingerprint density at radius 1 is 1.03 bits per heavy atom. The first-order chi connectivity index (χ1) is 14.8. The van der Waals surface area contributed by atoms with Gasteiger partial charge in [0.05, 0.1) is 5.69 Å². The summed E-state index contributed by atoms with van der Waals surface area (Å²) in [6.45, 7) is 1.69. The SMILES string of the molecule is Cc1c(C(=O)Nc2ccnc(C(F)(F)F)c2)ccnc1-c1cccc2c(=O)[nH]ccc12. The van der Waals surface area contributed by atoms with Crippen LogP contribution in [0.5, 0.6) is 0 Å². The number of aromatic amines is 1. The molecular formula is C22H15F3N4O2. The predicted octanol–water partition coefficient (Wildman–Crippen LogP) is 4.56. The molecule has 0 atom stereocenters. The molecule has 0 aliphatic rings. The molecule has 1 aromatic carbocycles. The summed E-state index contributed by atoms with van der Waals surface area (Å²) in [6.07, 6.45) is -0.664. The van der Waals surface area contributed by atoms with Crippen molar-refractivity contribution in [1.29, 1.82) is 0 Å². The number of carbonyl (C=O) groups is 1. The van der Waals surface area contributed by atoms with Crippen LogP contribution in [0.2, 0.25) is 0 Å². The van der Waals surface area contributed by atoms with Gasteiger partial charge in [-0.05, 0) is 48.2 Å². The predicted molar refractivity (Wildman–Crippen MR) is 110 cm³/mol. The first-order valence-corrected chi connectivity index (χ1v) is 9.16. The van der Waals surface area contributed by atoms with Crippen LogP contribution >= 0.6 is 0 Å². The maximum absolute atomic E-state index is 12.9.